The summed E-state index contributed by atoms with van der Waals surface area (Å²) >= 11 is 1.58. The smallest absolute Gasteiger partial charge is 0.203 e. The maximum atomic E-state index is 4.54. The molecular weight excluding hydrogens is 254 g/mol. The zero-order valence-corrected chi connectivity index (χ0v) is 12.4. The molecule has 0 bridgehead atoms. The van der Waals surface area contributed by atoms with Gasteiger partial charge in [0.2, 0.25) is 5.13 Å². The number of aromatic nitrogens is 1. The van der Waals surface area contributed by atoms with Crippen molar-refractivity contribution in [2.24, 2.45) is 11.0 Å². The third kappa shape index (κ3) is 3.64. The molecule has 0 saturated carbocycles. The van der Waals surface area contributed by atoms with E-state index in [9.17, 15) is 0 Å². The van der Waals surface area contributed by atoms with Gasteiger partial charge < -0.3 is 0 Å². The van der Waals surface area contributed by atoms with Gasteiger partial charge in [0, 0.05) is 16.7 Å². The first-order valence-corrected chi connectivity index (χ1v) is 7.39. The summed E-state index contributed by atoms with van der Waals surface area (Å²) in [5.41, 5.74) is 6.28. The number of rotatable bonds is 5. The molecule has 0 spiro atoms. The van der Waals surface area contributed by atoms with Crippen molar-refractivity contribution in [3.05, 3.63) is 35.7 Å². The lowest BCUT2D eigenvalue weighted by atomic mass is 10.1. The first kappa shape index (κ1) is 13.7. The lowest BCUT2D eigenvalue weighted by molar-refractivity contribution is 0.734. The normalized spacial score (nSPS) is 13.3. The van der Waals surface area contributed by atoms with Crippen molar-refractivity contribution in [3.8, 4) is 11.3 Å². The predicted octanol–water partition coefficient (Wildman–Crippen LogP) is 4.64. The monoisotopic (exact) mass is 273 g/mol. The summed E-state index contributed by atoms with van der Waals surface area (Å²) in [7, 11) is 0. The largest absolute Gasteiger partial charge is 0.253 e. The summed E-state index contributed by atoms with van der Waals surface area (Å²) in [4.78, 5) is 4.54. The number of hydrazone groups is 1. The molecule has 0 radical (unpaired) electrons. The van der Waals surface area contributed by atoms with Gasteiger partial charge >= 0.3 is 0 Å². The highest BCUT2D eigenvalue weighted by molar-refractivity contribution is 7.14. The molecule has 0 aliphatic rings. The summed E-state index contributed by atoms with van der Waals surface area (Å²) < 4.78 is 0. The zero-order chi connectivity index (χ0) is 13.7. The summed E-state index contributed by atoms with van der Waals surface area (Å²) in [5, 5.41) is 7.27. The molecule has 1 atom stereocenters. The van der Waals surface area contributed by atoms with Gasteiger partial charge in [-0.25, -0.2) is 4.98 Å². The molecule has 19 heavy (non-hydrogen) atoms. The van der Waals surface area contributed by atoms with Crippen molar-refractivity contribution in [1.82, 2.24) is 4.98 Å². The number of benzene rings is 1. The van der Waals surface area contributed by atoms with Gasteiger partial charge in [-0.15, -0.1) is 11.3 Å². The van der Waals surface area contributed by atoms with E-state index in [0.717, 1.165) is 28.5 Å². The molecule has 1 aromatic carbocycles. The molecule has 1 aromatic heterocycles. The summed E-state index contributed by atoms with van der Waals surface area (Å²) in [6.45, 7) is 6.39. The number of hydrogen-bond acceptors (Lipinski definition) is 4. The first-order chi connectivity index (χ1) is 9.20. The Balaban J connectivity index is 2.06. The van der Waals surface area contributed by atoms with E-state index in [1.807, 2.05) is 30.5 Å². The van der Waals surface area contributed by atoms with E-state index in [4.69, 9.17) is 0 Å². The third-order valence-corrected chi connectivity index (χ3v) is 3.97. The van der Waals surface area contributed by atoms with Crippen LogP contribution in [-0.2, 0) is 0 Å². The van der Waals surface area contributed by atoms with Crippen molar-refractivity contribution in [3.63, 3.8) is 0 Å². The van der Waals surface area contributed by atoms with Crippen molar-refractivity contribution < 1.29 is 0 Å². The molecule has 100 valence electrons. The van der Waals surface area contributed by atoms with E-state index in [2.05, 4.69) is 41.5 Å². The number of hydrogen-bond donors (Lipinski definition) is 1. The van der Waals surface area contributed by atoms with Gasteiger partial charge in [-0.1, -0.05) is 44.2 Å². The molecule has 4 heteroatoms. The molecule has 0 aliphatic carbocycles. The van der Waals surface area contributed by atoms with Gasteiger partial charge in [0.15, 0.2) is 0 Å². The predicted molar refractivity (Wildman–Crippen MR) is 83.7 cm³/mol. The molecule has 0 saturated heterocycles. The van der Waals surface area contributed by atoms with Crippen LogP contribution in [0.4, 0.5) is 5.13 Å². The molecular formula is C15H19N3S. The van der Waals surface area contributed by atoms with Crippen LogP contribution in [0.1, 0.15) is 27.2 Å². The van der Waals surface area contributed by atoms with Crippen LogP contribution in [0.3, 0.4) is 0 Å². The van der Waals surface area contributed by atoms with Crippen LogP contribution in [0.2, 0.25) is 0 Å². The number of nitrogens with zero attached hydrogens (tertiary/aromatic N) is 2. The Labute approximate surface area is 118 Å². The molecule has 3 nitrogen and oxygen atoms in total. The van der Waals surface area contributed by atoms with Crippen LogP contribution in [-0.4, -0.2) is 10.7 Å². The molecule has 1 heterocycles. The van der Waals surface area contributed by atoms with Gasteiger partial charge in [-0.2, -0.15) is 5.10 Å². The highest BCUT2D eigenvalue weighted by Gasteiger charge is 2.05. The third-order valence-electron chi connectivity index (χ3n) is 3.23. The molecule has 0 aliphatic heterocycles. The number of nitrogens with one attached hydrogen (secondary N) is 1. The van der Waals surface area contributed by atoms with Gasteiger partial charge in [-0.05, 0) is 19.3 Å². The Morgan fingerprint density at radius 1 is 1.37 bits per heavy atom. The molecule has 0 unspecified atom stereocenters. The summed E-state index contributed by atoms with van der Waals surface area (Å²) in [6.07, 6.45) is 1.10. The fourth-order valence-corrected chi connectivity index (χ4v) is 2.27. The lowest BCUT2D eigenvalue weighted by Gasteiger charge is -2.06. The average molecular weight is 273 g/mol. The fourth-order valence-electron chi connectivity index (χ4n) is 1.61. The maximum absolute atomic E-state index is 4.54. The minimum absolute atomic E-state index is 0.501. The zero-order valence-electron chi connectivity index (χ0n) is 11.6. The Morgan fingerprint density at radius 2 is 2.11 bits per heavy atom. The molecule has 0 fully saturated rings. The van der Waals surface area contributed by atoms with Crippen LogP contribution in [0.15, 0.2) is 40.8 Å². The van der Waals surface area contributed by atoms with Gasteiger partial charge in [0.05, 0.1) is 5.69 Å². The Morgan fingerprint density at radius 3 is 2.79 bits per heavy atom. The highest BCUT2D eigenvalue weighted by atomic mass is 32.1. The molecule has 1 N–H and O–H groups in total. The Kier molecular flexibility index (Phi) is 4.68. The van der Waals surface area contributed by atoms with Gasteiger partial charge in [0.25, 0.3) is 0 Å². The summed E-state index contributed by atoms with van der Waals surface area (Å²) in [5.74, 6) is 0.501. The first-order valence-electron chi connectivity index (χ1n) is 6.51. The SMILES string of the molecule is CC[C@@H](C)/C(C)=N\Nc1nc(-c2ccccc2)cs1. The van der Waals surface area contributed by atoms with Crippen LogP contribution in [0.25, 0.3) is 11.3 Å². The van der Waals surface area contributed by atoms with E-state index in [1.165, 1.54) is 0 Å². The number of thiazole rings is 1. The topological polar surface area (TPSA) is 37.3 Å². The van der Waals surface area contributed by atoms with Crippen LogP contribution >= 0.6 is 11.3 Å². The second kappa shape index (κ2) is 6.48. The van der Waals surface area contributed by atoms with Crippen LogP contribution in [0, 0.1) is 5.92 Å². The maximum Gasteiger partial charge on any atom is 0.203 e. The van der Waals surface area contributed by atoms with Crippen molar-refractivity contribution in [1.29, 1.82) is 0 Å². The van der Waals surface area contributed by atoms with Crippen molar-refractivity contribution in [2.75, 3.05) is 5.43 Å². The quantitative estimate of drug-likeness (QED) is 0.636. The fraction of sp³-hybridized carbons (Fsp3) is 0.333. The number of anilines is 1. The second-order valence-electron chi connectivity index (χ2n) is 4.58. The average Bonchev–Trinajstić information content (AvgIpc) is 2.93. The van der Waals surface area contributed by atoms with Crippen LogP contribution < -0.4 is 5.43 Å². The molecule has 2 rings (SSSR count). The van der Waals surface area contributed by atoms with Crippen LogP contribution in [0.5, 0.6) is 0 Å². The lowest BCUT2D eigenvalue weighted by Crippen LogP contribution is -2.07. The van der Waals surface area contributed by atoms with E-state index in [-0.39, 0.29) is 0 Å². The minimum Gasteiger partial charge on any atom is -0.253 e. The molecule has 2 aromatic rings. The minimum atomic E-state index is 0.501. The van der Waals surface area contributed by atoms with Crippen molar-refractivity contribution in [2.45, 2.75) is 27.2 Å². The Bertz CT molecular complexity index is 546. The Hall–Kier alpha value is -1.68. The summed E-state index contributed by atoms with van der Waals surface area (Å²) in [6, 6.07) is 10.2. The standard InChI is InChI=1S/C15H19N3S/c1-4-11(2)12(3)17-18-15-16-14(10-19-15)13-8-6-5-7-9-13/h5-11H,4H2,1-3H3,(H,16,18)/b17-12-/t11-/m1/s1. The highest BCUT2D eigenvalue weighted by Crippen LogP contribution is 2.24. The van der Waals surface area contributed by atoms with E-state index in [0.29, 0.717) is 5.92 Å². The van der Waals surface area contributed by atoms with Gasteiger partial charge in [0.1, 0.15) is 0 Å². The molecule has 0 amide bonds. The second-order valence-corrected chi connectivity index (χ2v) is 5.44. The van der Waals surface area contributed by atoms with E-state index >= 15 is 0 Å². The van der Waals surface area contributed by atoms with E-state index < -0.39 is 0 Å². The van der Waals surface area contributed by atoms with E-state index in [1.54, 1.807) is 11.3 Å². The van der Waals surface area contributed by atoms with Crippen molar-refractivity contribution >= 4 is 22.2 Å². The van der Waals surface area contributed by atoms with Gasteiger partial charge in [-0.3, -0.25) is 5.43 Å².